The second-order valence-corrected chi connectivity index (χ2v) is 5.54. The molecule has 2 aromatic carbocycles. The first-order chi connectivity index (χ1) is 9.72. The van der Waals surface area contributed by atoms with Crippen molar-refractivity contribution in [3.05, 3.63) is 70.8 Å². The monoisotopic (exact) mass is 265 g/mol. The molecule has 0 saturated carbocycles. The molecule has 2 nitrogen and oxygen atoms in total. The van der Waals surface area contributed by atoms with Gasteiger partial charge in [-0.25, -0.2) is 0 Å². The number of aryl methyl sites for hydroxylation is 1. The van der Waals surface area contributed by atoms with Crippen LogP contribution in [-0.2, 0) is 24.2 Å². The molecule has 0 spiro atoms. The van der Waals surface area contributed by atoms with Crippen LogP contribution in [0.2, 0.25) is 0 Å². The Morgan fingerprint density at radius 1 is 1.15 bits per heavy atom. The van der Waals surface area contributed by atoms with Crippen LogP contribution in [0.3, 0.4) is 0 Å². The van der Waals surface area contributed by atoms with E-state index in [-0.39, 0.29) is 11.8 Å². The number of Topliss-reactive ketones (excluding diaryl/α,β-unsaturated/α-hetero) is 1. The highest BCUT2D eigenvalue weighted by atomic mass is 16.1. The largest absolute Gasteiger partial charge is 0.303 e. The van der Waals surface area contributed by atoms with Gasteiger partial charge in [-0.2, -0.15) is 0 Å². The Hall–Kier alpha value is -1.93. The van der Waals surface area contributed by atoms with Gasteiger partial charge in [-0.3, -0.25) is 4.79 Å². The van der Waals surface area contributed by atoms with Gasteiger partial charge in [0, 0.05) is 13.0 Å². The fraction of sp³-hybridized carbons (Fsp3) is 0.278. The van der Waals surface area contributed by atoms with Crippen molar-refractivity contribution in [3.63, 3.8) is 0 Å². The van der Waals surface area contributed by atoms with Crippen molar-refractivity contribution in [2.45, 2.75) is 32.4 Å². The number of benzene rings is 2. The van der Waals surface area contributed by atoms with Crippen LogP contribution in [0, 0.1) is 6.92 Å². The first-order valence-corrected chi connectivity index (χ1v) is 7.11. The summed E-state index contributed by atoms with van der Waals surface area (Å²) >= 11 is 0. The van der Waals surface area contributed by atoms with Crippen molar-refractivity contribution >= 4 is 5.78 Å². The van der Waals surface area contributed by atoms with Crippen molar-refractivity contribution < 1.29 is 4.79 Å². The maximum Gasteiger partial charge on any atom is 0.154 e. The highest BCUT2D eigenvalue weighted by Gasteiger charge is 2.23. The number of carbonyl (C=O) groups excluding carboxylic acids is 1. The van der Waals surface area contributed by atoms with E-state index in [1.165, 1.54) is 16.7 Å². The fourth-order valence-electron chi connectivity index (χ4n) is 2.83. The van der Waals surface area contributed by atoms with Crippen LogP contribution in [0.1, 0.15) is 22.3 Å². The van der Waals surface area contributed by atoms with Crippen LogP contribution < -0.4 is 5.32 Å². The van der Waals surface area contributed by atoms with E-state index in [4.69, 9.17) is 0 Å². The molecule has 2 aromatic rings. The molecule has 20 heavy (non-hydrogen) atoms. The fourth-order valence-corrected chi connectivity index (χ4v) is 2.83. The van der Waals surface area contributed by atoms with Crippen LogP contribution in [-0.4, -0.2) is 11.8 Å². The number of rotatable bonds is 3. The first kappa shape index (κ1) is 13.1. The van der Waals surface area contributed by atoms with Gasteiger partial charge in [0.2, 0.25) is 0 Å². The Morgan fingerprint density at radius 2 is 1.95 bits per heavy atom. The van der Waals surface area contributed by atoms with E-state index in [9.17, 15) is 4.79 Å². The van der Waals surface area contributed by atoms with Crippen LogP contribution >= 0.6 is 0 Å². The van der Waals surface area contributed by atoms with Gasteiger partial charge in [-0.15, -0.1) is 0 Å². The van der Waals surface area contributed by atoms with E-state index in [0.717, 1.165) is 18.5 Å². The van der Waals surface area contributed by atoms with Gasteiger partial charge in [0.15, 0.2) is 5.78 Å². The van der Waals surface area contributed by atoms with Crippen molar-refractivity contribution in [3.8, 4) is 0 Å². The molecule has 2 heteroatoms. The summed E-state index contributed by atoms with van der Waals surface area (Å²) in [4.78, 5) is 12.4. The lowest BCUT2D eigenvalue weighted by molar-refractivity contribution is -0.120. The lowest BCUT2D eigenvalue weighted by Crippen LogP contribution is -2.42. The molecule has 0 fully saturated rings. The predicted molar refractivity (Wildman–Crippen MR) is 80.7 cm³/mol. The van der Waals surface area contributed by atoms with E-state index >= 15 is 0 Å². The van der Waals surface area contributed by atoms with E-state index in [1.54, 1.807) is 0 Å². The van der Waals surface area contributed by atoms with Crippen molar-refractivity contribution in [1.82, 2.24) is 5.32 Å². The third-order valence-electron chi connectivity index (χ3n) is 3.93. The Labute approximate surface area is 119 Å². The zero-order valence-electron chi connectivity index (χ0n) is 11.7. The molecule has 1 N–H and O–H groups in total. The van der Waals surface area contributed by atoms with Crippen LogP contribution in [0.4, 0.5) is 0 Å². The van der Waals surface area contributed by atoms with Crippen molar-refractivity contribution in [2.24, 2.45) is 0 Å². The maximum atomic E-state index is 12.4. The summed E-state index contributed by atoms with van der Waals surface area (Å²) in [6.07, 6.45) is 1.32. The van der Waals surface area contributed by atoms with Crippen LogP contribution in [0.5, 0.6) is 0 Å². The lowest BCUT2D eigenvalue weighted by Gasteiger charge is -2.25. The summed E-state index contributed by atoms with van der Waals surface area (Å²) in [6.45, 7) is 2.85. The molecule has 0 radical (unpaired) electrons. The molecule has 0 saturated heterocycles. The molecule has 3 rings (SSSR count). The second-order valence-electron chi connectivity index (χ2n) is 5.54. The third-order valence-corrected chi connectivity index (χ3v) is 3.93. The molecule has 1 unspecified atom stereocenters. The SMILES string of the molecule is Cc1cccc(CC(=O)C2Cc3ccccc3CN2)c1. The Morgan fingerprint density at radius 3 is 2.75 bits per heavy atom. The average molecular weight is 265 g/mol. The number of hydrogen-bond donors (Lipinski definition) is 1. The minimum atomic E-state index is -0.0505. The minimum Gasteiger partial charge on any atom is -0.303 e. The summed E-state index contributed by atoms with van der Waals surface area (Å²) < 4.78 is 0. The smallest absolute Gasteiger partial charge is 0.154 e. The molecular formula is C18H19NO. The highest BCUT2D eigenvalue weighted by Crippen LogP contribution is 2.17. The summed E-state index contributed by atoms with van der Waals surface area (Å²) in [5, 5.41) is 3.36. The zero-order valence-corrected chi connectivity index (χ0v) is 11.7. The number of nitrogens with one attached hydrogen (secondary N) is 1. The van der Waals surface area contributed by atoms with E-state index in [2.05, 4.69) is 42.6 Å². The molecule has 1 heterocycles. The van der Waals surface area contributed by atoms with Gasteiger partial charge in [0.1, 0.15) is 0 Å². The molecule has 102 valence electrons. The normalized spacial score (nSPS) is 17.6. The molecule has 1 aliphatic heterocycles. The molecular weight excluding hydrogens is 246 g/mol. The quantitative estimate of drug-likeness (QED) is 0.924. The first-order valence-electron chi connectivity index (χ1n) is 7.11. The van der Waals surface area contributed by atoms with Gasteiger partial charge in [0.05, 0.1) is 6.04 Å². The second kappa shape index (κ2) is 5.59. The lowest BCUT2D eigenvalue weighted by atomic mass is 9.91. The number of fused-ring (bicyclic) bond motifs is 1. The predicted octanol–water partition coefficient (Wildman–Crippen LogP) is 2.82. The van der Waals surface area contributed by atoms with Crippen LogP contribution in [0.15, 0.2) is 48.5 Å². The number of ketones is 1. The molecule has 0 bridgehead atoms. The number of carbonyl (C=O) groups is 1. The summed E-state index contributed by atoms with van der Waals surface area (Å²) in [7, 11) is 0. The topological polar surface area (TPSA) is 29.1 Å². The van der Waals surface area contributed by atoms with Gasteiger partial charge in [-0.1, -0.05) is 54.1 Å². The third kappa shape index (κ3) is 2.81. The van der Waals surface area contributed by atoms with E-state index in [0.29, 0.717) is 6.42 Å². The van der Waals surface area contributed by atoms with Gasteiger partial charge >= 0.3 is 0 Å². The Balaban J connectivity index is 1.70. The molecule has 0 aliphatic carbocycles. The van der Waals surface area contributed by atoms with Gasteiger partial charge in [0.25, 0.3) is 0 Å². The Bertz CT molecular complexity index is 633. The highest BCUT2D eigenvalue weighted by molar-refractivity contribution is 5.86. The molecule has 0 amide bonds. The molecule has 0 aromatic heterocycles. The molecule has 1 atom stereocenters. The standard InChI is InChI=1S/C18H19NO/c1-13-5-4-6-14(9-13)10-18(20)17-11-15-7-2-3-8-16(15)12-19-17/h2-9,17,19H,10-12H2,1H3. The van der Waals surface area contributed by atoms with Gasteiger partial charge in [-0.05, 0) is 30.0 Å². The van der Waals surface area contributed by atoms with E-state index < -0.39 is 0 Å². The number of hydrogen-bond acceptors (Lipinski definition) is 2. The average Bonchev–Trinajstić information content (AvgIpc) is 2.47. The van der Waals surface area contributed by atoms with Crippen LogP contribution in [0.25, 0.3) is 0 Å². The summed E-state index contributed by atoms with van der Waals surface area (Å²) in [5.41, 5.74) is 4.92. The summed E-state index contributed by atoms with van der Waals surface area (Å²) in [6, 6.07) is 16.5. The maximum absolute atomic E-state index is 12.4. The van der Waals surface area contributed by atoms with Crippen molar-refractivity contribution in [1.29, 1.82) is 0 Å². The van der Waals surface area contributed by atoms with Gasteiger partial charge < -0.3 is 5.32 Å². The zero-order chi connectivity index (χ0) is 13.9. The minimum absolute atomic E-state index is 0.0505. The molecule has 1 aliphatic rings. The summed E-state index contributed by atoms with van der Waals surface area (Å²) in [5.74, 6) is 0.283. The van der Waals surface area contributed by atoms with Crippen molar-refractivity contribution in [2.75, 3.05) is 0 Å². The Kier molecular flexibility index (Phi) is 3.66. The van der Waals surface area contributed by atoms with E-state index in [1.807, 2.05) is 18.2 Å².